The Kier molecular flexibility index (Phi) is 5.16. The molecular formula is C19H21FN2O3. The smallest absolute Gasteiger partial charge is 0.309 e. The number of hydrogen-bond donors (Lipinski definition) is 1. The van der Waals surface area contributed by atoms with Crippen LogP contribution in [0.3, 0.4) is 0 Å². The quantitative estimate of drug-likeness (QED) is 0.871. The molecule has 6 heteroatoms. The van der Waals surface area contributed by atoms with Crippen molar-refractivity contribution in [2.75, 3.05) is 24.6 Å². The topological polar surface area (TPSA) is 62.7 Å². The van der Waals surface area contributed by atoms with E-state index in [1.54, 1.807) is 12.3 Å². The van der Waals surface area contributed by atoms with E-state index in [9.17, 15) is 14.3 Å². The molecule has 0 unspecified atom stereocenters. The molecule has 2 heterocycles. The number of carboxylic acids is 1. The summed E-state index contributed by atoms with van der Waals surface area (Å²) in [5, 5.41) is 9.73. The second-order valence-electron chi connectivity index (χ2n) is 6.29. The number of pyridine rings is 1. The summed E-state index contributed by atoms with van der Waals surface area (Å²) in [5.41, 5.74) is -0.837. The summed E-state index contributed by atoms with van der Waals surface area (Å²) in [7, 11) is 0. The molecule has 1 N–H and O–H groups in total. The highest BCUT2D eigenvalue weighted by molar-refractivity contribution is 5.75. The van der Waals surface area contributed by atoms with Crippen LogP contribution in [0.15, 0.2) is 48.7 Å². The molecule has 2 aromatic rings. The summed E-state index contributed by atoms with van der Waals surface area (Å²) < 4.78 is 19.5. The largest absolute Gasteiger partial charge is 0.494 e. The van der Waals surface area contributed by atoms with Crippen LogP contribution in [-0.2, 0) is 4.79 Å². The van der Waals surface area contributed by atoms with E-state index >= 15 is 0 Å². The molecule has 0 bridgehead atoms. The van der Waals surface area contributed by atoms with Crippen LogP contribution in [0.5, 0.6) is 5.75 Å². The molecular weight excluding hydrogens is 323 g/mol. The molecule has 0 atom stereocenters. The number of benzene rings is 1. The zero-order chi connectivity index (χ0) is 17.7. The van der Waals surface area contributed by atoms with Crippen LogP contribution in [0.25, 0.3) is 0 Å². The summed E-state index contributed by atoms with van der Waals surface area (Å²) in [6.07, 6.45) is 2.86. The van der Waals surface area contributed by atoms with Crippen LogP contribution in [-0.4, -0.2) is 35.8 Å². The van der Waals surface area contributed by atoms with Gasteiger partial charge in [0.25, 0.3) is 0 Å². The molecule has 25 heavy (non-hydrogen) atoms. The standard InChI is InChI=1S/C19H21FN2O3/c20-16-7-4-11-21-17(16)22-12-8-19(9-13-22,18(23)24)10-14-25-15-5-2-1-3-6-15/h1-7,11H,8-10,12-14H2,(H,23,24). The number of ether oxygens (including phenoxy) is 1. The molecule has 0 radical (unpaired) electrons. The lowest BCUT2D eigenvalue weighted by molar-refractivity contribution is -0.151. The van der Waals surface area contributed by atoms with E-state index in [4.69, 9.17) is 4.74 Å². The zero-order valence-electron chi connectivity index (χ0n) is 13.9. The third-order valence-corrected chi connectivity index (χ3v) is 4.81. The first-order valence-electron chi connectivity index (χ1n) is 8.37. The first kappa shape index (κ1) is 17.2. The molecule has 0 aliphatic carbocycles. The number of nitrogens with zero attached hydrogens (tertiary/aromatic N) is 2. The number of hydrogen-bond acceptors (Lipinski definition) is 4. The molecule has 0 saturated carbocycles. The lowest BCUT2D eigenvalue weighted by Gasteiger charge is -2.39. The lowest BCUT2D eigenvalue weighted by atomic mass is 9.76. The molecule has 1 aliphatic heterocycles. The van der Waals surface area contributed by atoms with Crippen molar-refractivity contribution in [3.05, 3.63) is 54.5 Å². The molecule has 1 aromatic heterocycles. The van der Waals surface area contributed by atoms with E-state index in [0.717, 1.165) is 5.75 Å². The van der Waals surface area contributed by atoms with Gasteiger partial charge < -0.3 is 14.7 Å². The van der Waals surface area contributed by atoms with Crippen molar-refractivity contribution in [2.45, 2.75) is 19.3 Å². The lowest BCUT2D eigenvalue weighted by Crippen LogP contribution is -2.45. The molecule has 1 aromatic carbocycles. The molecule has 1 saturated heterocycles. The van der Waals surface area contributed by atoms with Crippen molar-refractivity contribution in [1.29, 1.82) is 0 Å². The maximum atomic E-state index is 13.9. The van der Waals surface area contributed by atoms with Crippen LogP contribution in [0.4, 0.5) is 10.2 Å². The van der Waals surface area contributed by atoms with E-state index in [1.165, 1.54) is 6.07 Å². The van der Waals surface area contributed by atoms with E-state index in [1.807, 2.05) is 35.2 Å². The highest BCUT2D eigenvalue weighted by Gasteiger charge is 2.41. The third kappa shape index (κ3) is 3.90. The van der Waals surface area contributed by atoms with Crippen molar-refractivity contribution in [2.24, 2.45) is 5.41 Å². The Bertz CT molecular complexity index is 716. The van der Waals surface area contributed by atoms with Crippen LogP contribution in [0, 0.1) is 11.2 Å². The van der Waals surface area contributed by atoms with Crippen molar-refractivity contribution in [3.8, 4) is 5.75 Å². The predicted molar refractivity (Wildman–Crippen MR) is 92.3 cm³/mol. The van der Waals surface area contributed by atoms with Gasteiger partial charge in [0.1, 0.15) is 5.75 Å². The first-order valence-corrected chi connectivity index (χ1v) is 8.37. The number of carboxylic acid groups (broad SMARTS) is 1. The van der Waals surface area contributed by atoms with Gasteiger partial charge in [-0.15, -0.1) is 0 Å². The minimum atomic E-state index is -0.837. The number of halogens is 1. The van der Waals surface area contributed by atoms with E-state index < -0.39 is 11.4 Å². The number of aromatic nitrogens is 1. The Morgan fingerprint density at radius 2 is 1.92 bits per heavy atom. The number of aliphatic carboxylic acids is 1. The molecule has 3 rings (SSSR count). The average molecular weight is 344 g/mol. The number of anilines is 1. The van der Waals surface area contributed by atoms with E-state index in [0.29, 0.717) is 44.8 Å². The van der Waals surface area contributed by atoms with Crippen molar-refractivity contribution in [3.63, 3.8) is 0 Å². The van der Waals surface area contributed by atoms with Crippen molar-refractivity contribution in [1.82, 2.24) is 4.98 Å². The van der Waals surface area contributed by atoms with Crippen molar-refractivity contribution < 1.29 is 19.0 Å². The van der Waals surface area contributed by atoms with Gasteiger partial charge in [-0.2, -0.15) is 0 Å². The molecule has 132 valence electrons. The second-order valence-corrected chi connectivity index (χ2v) is 6.29. The Balaban J connectivity index is 1.61. The predicted octanol–water partition coefficient (Wildman–Crippen LogP) is 3.36. The summed E-state index contributed by atoms with van der Waals surface area (Å²) in [6, 6.07) is 12.3. The van der Waals surface area contributed by atoms with Gasteiger partial charge in [0.05, 0.1) is 12.0 Å². The highest BCUT2D eigenvalue weighted by Crippen LogP contribution is 2.37. The summed E-state index contributed by atoms with van der Waals surface area (Å²) in [6.45, 7) is 1.27. The van der Waals surface area contributed by atoms with Gasteiger partial charge in [-0.3, -0.25) is 4.79 Å². The molecule has 1 aliphatic rings. The first-order chi connectivity index (χ1) is 12.1. The van der Waals surface area contributed by atoms with Gasteiger partial charge in [-0.1, -0.05) is 18.2 Å². The summed E-state index contributed by atoms with van der Waals surface area (Å²) in [5.74, 6) is -0.166. The van der Waals surface area contributed by atoms with Gasteiger partial charge in [0.15, 0.2) is 11.6 Å². The van der Waals surface area contributed by atoms with Gasteiger partial charge in [-0.25, -0.2) is 9.37 Å². The number of piperidine rings is 1. The maximum absolute atomic E-state index is 13.9. The minimum Gasteiger partial charge on any atom is -0.494 e. The average Bonchev–Trinajstić information content (AvgIpc) is 2.64. The Morgan fingerprint density at radius 1 is 1.20 bits per heavy atom. The summed E-state index contributed by atoms with van der Waals surface area (Å²) in [4.78, 5) is 17.8. The molecule has 1 fully saturated rings. The van der Waals surface area contributed by atoms with E-state index in [2.05, 4.69) is 4.98 Å². The van der Waals surface area contributed by atoms with Gasteiger partial charge >= 0.3 is 5.97 Å². The number of rotatable bonds is 6. The maximum Gasteiger partial charge on any atom is 0.309 e. The minimum absolute atomic E-state index is 0.294. The molecule has 0 amide bonds. The van der Waals surface area contributed by atoms with Crippen LogP contribution < -0.4 is 9.64 Å². The van der Waals surface area contributed by atoms with Gasteiger partial charge in [-0.05, 0) is 43.5 Å². The van der Waals surface area contributed by atoms with Crippen LogP contribution in [0.2, 0.25) is 0 Å². The van der Waals surface area contributed by atoms with Gasteiger partial charge in [0, 0.05) is 19.3 Å². The molecule has 0 spiro atoms. The second kappa shape index (κ2) is 7.51. The third-order valence-electron chi connectivity index (χ3n) is 4.81. The molecule has 5 nitrogen and oxygen atoms in total. The fraction of sp³-hybridized carbons (Fsp3) is 0.368. The van der Waals surface area contributed by atoms with Gasteiger partial charge in [0.2, 0.25) is 0 Å². The Hall–Kier alpha value is -2.63. The highest BCUT2D eigenvalue weighted by atomic mass is 19.1. The SMILES string of the molecule is O=C(O)C1(CCOc2ccccc2)CCN(c2ncccc2F)CC1. The van der Waals surface area contributed by atoms with Crippen LogP contribution in [0.1, 0.15) is 19.3 Å². The van der Waals surface area contributed by atoms with Crippen molar-refractivity contribution >= 4 is 11.8 Å². The normalized spacial score (nSPS) is 16.4. The Labute approximate surface area is 146 Å². The Morgan fingerprint density at radius 3 is 2.56 bits per heavy atom. The number of carbonyl (C=O) groups is 1. The number of para-hydroxylation sites is 1. The fourth-order valence-corrected chi connectivity index (χ4v) is 3.21. The summed E-state index contributed by atoms with van der Waals surface area (Å²) >= 11 is 0. The fourth-order valence-electron chi connectivity index (χ4n) is 3.21. The van der Waals surface area contributed by atoms with Crippen LogP contribution >= 0.6 is 0 Å². The van der Waals surface area contributed by atoms with E-state index in [-0.39, 0.29) is 5.82 Å². The monoisotopic (exact) mass is 344 g/mol. The zero-order valence-corrected chi connectivity index (χ0v) is 13.9.